The van der Waals surface area contributed by atoms with E-state index in [1.54, 1.807) is 82.4 Å². The largest absolute Gasteiger partial charge is 0.391 e. The molecule has 52 nitrogen and oxygen atoms in total. The minimum atomic E-state index is -1.76. The second-order valence-electron chi connectivity index (χ2n) is 32.4. The first-order valence-corrected chi connectivity index (χ1v) is 43.8. The summed E-state index contributed by atoms with van der Waals surface area (Å²) in [6.45, 7) is 8.49. The van der Waals surface area contributed by atoms with E-state index in [2.05, 4.69) is 130 Å². The third-order valence-electron chi connectivity index (χ3n) is 20.5. The highest BCUT2D eigenvalue weighted by molar-refractivity contribution is 6.31. The van der Waals surface area contributed by atoms with Crippen LogP contribution in [0.2, 0.25) is 5.02 Å². The average Bonchev–Trinajstić information content (AvgIpc) is 1.64. The molecule has 752 valence electrons. The molecular weight excluding hydrogens is 1840 g/mol. The van der Waals surface area contributed by atoms with Crippen LogP contribution in [0, 0.1) is 11.8 Å². The number of aliphatic hydroxyl groups excluding tert-OH is 2. The molecule has 2 fully saturated rings. The van der Waals surface area contributed by atoms with Gasteiger partial charge in [-0.25, -0.2) is 0 Å². The van der Waals surface area contributed by atoms with Crippen LogP contribution in [0.1, 0.15) is 91.7 Å². The van der Waals surface area contributed by atoms with Crippen molar-refractivity contribution in [2.75, 3.05) is 91.6 Å². The number of carbonyl (C=O) groups is 24. The maximum atomic E-state index is 14.0. The number of benzene rings is 2. The number of aromatic amines is 1. The van der Waals surface area contributed by atoms with Gasteiger partial charge in [0.05, 0.1) is 109 Å². The molecule has 53 heteroatoms. The number of nitrogens with zero attached hydrogens (tertiary/aromatic N) is 2. The SMILES string of the molecule is C=CNC(=O)CNC(=O)C(Cc1ccccc1)NC(=O)C(C)NC(=O)CNC(=O)C(CC(N)=O)NC(=O)CNC(=O)CNC(=O)CNC(=O)CNC(=O)C1CC(O)CN1C(=O)CNC(=O)C(NC(=O)CNC(=O)CNC(=O)C1CCCN1C(=O)CNC(=O)CNC(=O)C(CC(C)C)NC(=O)C(=C)NC(=O)C(Cc1c[nH]c2ccc(Cl)cc12)NC(=O)CNC(=O)C(=CC)NC(=O)C(N)C(C)C)C(C)O. The molecule has 28 N–H and O–H groups in total. The van der Waals surface area contributed by atoms with Crippen molar-refractivity contribution in [1.82, 2.24) is 126 Å². The first-order chi connectivity index (χ1) is 65.2. The maximum Gasteiger partial charge on any atom is 0.267 e. The van der Waals surface area contributed by atoms with E-state index in [-0.39, 0.29) is 56.2 Å². The minimum absolute atomic E-state index is 0.000480. The predicted octanol–water partition coefficient (Wildman–Crippen LogP) is -11.9. The van der Waals surface area contributed by atoms with Gasteiger partial charge in [-0.1, -0.05) is 88.9 Å². The summed E-state index contributed by atoms with van der Waals surface area (Å²) < 4.78 is 0. The third-order valence-corrected chi connectivity index (χ3v) is 20.8. The number of likely N-dealkylation sites (tertiary alicyclic amines) is 2. The summed E-state index contributed by atoms with van der Waals surface area (Å²) >= 11 is 6.28. The molecule has 0 spiro atoms. The van der Waals surface area contributed by atoms with Crippen molar-refractivity contribution in [3.8, 4) is 0 Å². The number of allylic oxidation sites excluding steroid dienone is 1. The van der Waals surface area contributed by atoms with Crippen molar-refractivity contribution in [1.29, 1.82) is 0 Å². The van der Waals surface area contributed by atoms with Gasteiger partial charge in [0.25, 0.3) is 11.8 Å². The molecule has 2 aliphatic heterocycles. The Kier molecular flexibility index (Phi) is 46.5. The fraction of sp³-hybridized carbons (Fsp3) is 0.482. The second-order valence-corrected chi connectivity index (χ2v) is 32.8. The Morgan fingerprint density at radius 1 is 0.507 bits per heavy atom. The lowest BCUT2D eigenvalue weighted by Gasteiger charge is -2.25. The molecule has 0 saturated carbocycles. The number of hydrogen-bond acceptors (Lipinski definition) is 27. The number of aromatic nitrogens is 1. The first-order valence-electron chi connectivity index (χ1n) is 43.4. The zero-order valence-electron chi connectivity index (χ0n) is 76.7. The monoisotopic (exact) mass is 1950 g/mol. The predicted molar refractivity (Wildman–Crippen MR) is 487 cm³/mol. The number of hydrogen-bond donors (Lipinski definition) is 26. The Morgan fingerprint density at radius 2 is 0.993 bits per heavy atom. The van der Waals surface area contributed by atoms with Gasteiger partial charge in [-0.15, -0.1) is 0 Å². The van der Waals surface area contributed by atoms with E-state index >= 15 is 0 Å². The van der Waals surface area contributed by atoms with Gasteiger partial charge in [0.1, 0.15) is 54.0 Å². The number of primary amides is 1. The summed E-state index contributed by atoms with van der Waals surface area (Å²) in [5.41, 5.74) is 12.2. The summed E-state index contributed by atoms with van der Waals surface area (Å²) in [6.07, 6.45) is 0.212. The highest BCUT2D eigenvalue weighted by atomic mass is 35.5. The van der Waals surface area contributed by atoms with Crippen molar-refractivity contribution in [2.24, 2.45) is 23.3 Å². The van der Waals surface area contributed by atoms with Crippen molar-refractivity contribution in [3.05, 3.63) is 108 Å². The Hall–Kier alpha value is -15.4. The summed E-state index contributed by atoms with van der Waals surface area (Å²) in [5, 5.41) is 70.3. The topological polar surface area (TPSA) is 777 Å². The number of halogens is 1. The van der Waals surface area contributed by atoms with Crippen LogP contribution in [-0.4, -0.2) is 325 Å². The molecule has 0 radical (unpaired) electrons. The number of fused-ring (bicyclic) bond motifs is 1. The van der Waals surface area contributed by atoms with Crippen molar-refractivity contribution in [2.45, 2.75) is 160 Å². The fourth-order valence-corrected chi connectivity index (χ4v) is 13.4. The highest BCUT2D eigenvalue weighted by Gasteiger charge is 2.41. The zero-order chi connectivity index (χ0) is 103. The van der Waals surface area contributed by atoms with E-state index in [0.29, 0.717) is 33.5 Å². The Bertz CT molecular complexity index is 5070. The molecule has 0 bridgehead atoms. The van der Waals surface area contributed by atoms with Gasteiger partial charge in [0.15, 0.2) is 0 Å². The number of nitrogens with two attached hydrogens (primary N) is 2. The molecule has 0 aliphatic carbocycles. The molecule has 3 aromatic rings. The normalized spacial score (nSPS) is 15.4. The molecule has 11 unspecified atom stereocenters. The van der Waals surface area contributed by atoms with Gasteiger partial charge in [-0.2, -0.15) is 0 Å². The van der Waals surface area contributed by atoms with E-state index < -0.39 is 306 Å². The lowest BCUT2D eigenvalue weighted by Crippen LogP contribution is -2.56. The van der Waals surface area contributed by atoms with Crippen LogP contribution in [0.4, 0.5) is 0 Å². The van der Waals surface area contributed by atoms with E-state index in [1.807, 2.05) is 0 Å². The number of carbonyl (C=O) groups excluding carboxylic acids is 24. The average molecular weight is 1960 g/mol. The van der Waals surface area contributed by atoms with Crippen LogP contribution in [0.5, 0.6) is 0 Å². The molecule has 11 atom stereocenters. The Morgan fingerprint density at radius 3 is 1.56 bits per heavy atom. The number of β-amino-alcohol motifs (C(OH)–C–C–N with tert-alkyl or cyclic N) is 1. The van der Waals surface area contributed by atoms with Gasteiger partial charge < -0.3 is 148 Å². The minimum Gasteiger partial charge on any atom is -0.391 e. The van der Waals surface area contributed by atoms with Crippen LogP contribution in [-0.2, 0) is 128 Å². The summed E-state index contributed by atoms with van der Waals surface area (Å²) in [4.78, 5) is 317. The molecule has 2 aliphatic rings. The molecule has 24 amide bonds. The summed E-state index contributed by atoms with van der Waals surface area (Å²) in [6, 6.07) is 1.25. The van der Waals surface area contributed by atoms with Crippen LogP contribution in [0.15, 0.2) is 91.6 Å². The number of aliphatic hydroxyl groups is 2. The Balaban J connectivity index is 0.979. The highest BCUT2D eigenvalue weighted by Crippen LogP contribution is 2.25. The van der Waals surface area contributed by atoms with Gasteiger partial charge in [0.2, 0.25) is 130 Å². The molecule has 5 rings (SSSR count). The van der Waals surface area contributed by atoms with Crippen LogP contribution < -0.4 is 123 Å². The lowest BCUT2D eigenvalue weighted by atomic mass is 10.0. The third kappa shape index (κ3) is 39.3. The number of nitrogens with one attached hydrogen (secondary N) is 22. The van der Waals surface area contributed by atoms with Crippen LogP contribution in [0.25, 0.3) is 10.9 Å². The number of rotatable bonds is 54. The van der Waals surface area contributed by atoms with E-state index in [0.717, 1.165) is 22.9 Å². The summed E-state index contributed by atoms with van der Waals surface area (Å²) in [5.74, 6) is -22.3. The van der Waals surface area contributed by atoms with Crippen molar-refractivity contribution >= 4 is 164 Å². The number of H-pyrrole nitrogens is 1. The van der Waals surface area contributed by atoms with E-state index in [9.17, 15) is 125 Å². The molecule has 1 aromatic heterocycles. The molecular formula is C85H119ClN26O26. The molecule has 138 heavy (non-hydrogen) atoms. The van der Waals surface area contributed by atoms with Crippen LogP contribution in [0.3, 0.4) is 0 Å². The maximum absolute atomic E-state index is 14.0. The fourth-order valence-electron chi connectivity index (χ4n) is 13.2. The quantitative estimate of drug-likeness (QED) is 0.0233. The molecule has 2 saturated heterocycles. The molecule has 3 heterocycles. The van der Waals surface area contributed by atoms with Gasteiger partial charge in [-0.05, 0) is 87.4 Å². The zero-order valence-corrected chi connectivity index (χ0v) is 77.5. The standard InChI is InChI=1S/C85H119ClN26O26/c1-10-52(107-84(137)73(88)43(5)6)77(130)98-38-69(124)105-56(24-48-28-90-53-20-19-49(86)25-51(48)53)81(134)104-45(8)76(129)108-54(22-42(3)4)78(131)97-32-66(121)95-39-71(126)111-21-15-18-58(111)82(135)100-33-65(120)94-36-70(125)110-74(46(9)113)85(138)102-40-72(127)112-41-50(114)26-59(112)83(136)101-34-64(119)92-29-62(117)91-30-63(118)93-35-68(123)106-57(27-60(87)115)80(133)99-37-67(122)103-44(7)75(128)109-55(23-47-16-13-12-14-17-47)79(132)96-31-61(116)89-11-2/h10-14,16-17,19-20,25,28,42-44,46,50,54-59,73-74,90,113-114H,2,8,15,18,21-24,26-27,29-41,88H2,1,3-7,9H3,(H2,87,115)(H,89,116)(H,91,117)(H,92,119)(H,93,118)(H,94,120)(H,95,121)(H,96,132)(H,97,131)(H,98,130)(H,99,133)(H,100,135)(H,101,136)(H,102,138)(H,103,122)(H,104,134)(H,105,124)(H,106,123)(H,107,137)(H,108,129)(H,109,128)(H,110,125). The smallest absolute Gasteiger partial charge is 0.267 e. The van der Waals surface area contributed by atoms with E-state index in [1.165, 1.54) is 19.9 Å². The van der Waals surface area contributed by atoms with Gasteiger partial charge in [0, 0.05) is 54.5 Å². The van der Waals surface area contributed by atoms with Crippen molar-refractivity contribution < 1.29 is 125 Å². The Labute approximate surface area is 795 Å². The van der Waals surface area contributed by atoms with Gasteiger partial charge in [-0.3, -0.25) is 115 Å². The second kappa shape index (κ2) is 56.7. The molecule has 2 aromatic carbocycles. The van der Waals surface area contributed by atoms with Gasteiger partial charge >= 0.3 is 0 Å². The lowest BCUT2D eigenvalue weighted by molar-refractivity contribution is -0.139. The van der Waals surface area contributed by atoms with Crippen LogP contribution >= 0.6 is 11.6 Å². The summed E-state index contributed by atoms with van der Waals surface area (Å²) in [7, 11) is 0. The number of amides is 24. The van der Waals surface area contributed by atoms with E-state index in [4.69, 9.17) is 23.1 Å². The van der Waals surface area contributed by atoms with Crippen molar-refractivity contribution in [3.63, 3.8) is 0 Å². The first kappa shape index (κ1) is 113.